The van der Waals surface area contributed by atoms with Gasteiger partial charge in [0.1, 0.15) is 0 Å². The number of aromatic nitrogens is 1. The summed E-state index contributed by atoms with van der Waals surface area (Å²) in [5.74, 6) is 0. The van der Waals surface area contributed by atoms with Gasteiger partial charge < -0.3 is 4.57 Å². The van der Waals surface area contributed by atoms with Crippen LogP contribution in [0.2, 0.25) is 5.02 Å². The highest BCUT2D eigenvalue weighted by Gasteiger charge is 2.12. The second-order valence-electron chi connectivity index (χ2n) is 5.19. The van der Waals surface area contributed by atoms with Crippen LogP contribution in [0.4, 0.5) is 0 Å². The summed E-state index contributed by atoms with van der Waals surface area (Å²) in [6, 6.07) is 13.8. The van der Waals surface area contributed by atoms with E-state index in [0.29, 0.717) is 5.02 Å². The zero-order chi connectivity index (χ0) is 17.2. The first-order valence-electron chi connectivity index (χ1n) is 7.39. The first kappa shape index (κ1) is 16.5. The molecule has 7 heteroatoms. The van der Waals surface area contributed by atoms with Gasteiger partial charge in [0.05, 0.1) is 11.1 Å². The molecule has 0 aliphatic rings. The van der Waals surface area contributed by atoms with Gasteiger partial charge in [-0.25, -0.2) is 4.83 Å². The van der Waals surface area contributed by atoms with E-state index >= 15 is 0 Å². The summed E-state index contributed by atoms with van der Waals surface area (Å²) >= 11 is 5.77. The lowest BCUT2D eigenvalue weighted by Crippen LogP contribution is -2.18. The molecule has 24 heavy (non-hydrogen) atoms. The largest absolute Gasteiger partial charge is 0.347 e. The summed E-state index contributed by atoms with van der Waals surface area (Å²) in [6.07, 6.45) is 3.46. The molecule has 0 bridgehead atoms. The van der Waals surface area contributed by atoms with Gasteiger partial charge >= 0.3 is 0 Å². The maximum absolute atomic E-state index is 12.2. The minimum atomic E-state index is -3.71. The first-order chi connectivity index (χ1) is 11.5. The fourth-order valence-corrected chi connectivity index (χ4v) is 3.39. The van der Waals surface area contributed by atoms with Crippen LogP contribution in [0.5, 0.6) is 0 Å². The van der Waals surface area contributed by atoms with Crippen molar-refractivity contribution in [2.75, 3.05) is 0 Å². The third kappa shape index (κ3) is 3.29. The maximum atomic E-state index is 12.2. The normalized spacial score (nSPS) is 12.1. The molecule has 1 aromatic heterocycles. The van der Waals surface area contributed by atoms with Crippen molar-refractivity contribution in [2.24, 2.45) is 5.10 Å². The van der Waals surface area contributed by atoms with Crippen molar-refractivity contribution >= 4 is 38.7 Å². The number of nitrogens with zero attached hydrogens (tertiary/aromatic N) is 2. The predicted molar refractivity (Wildman–Crippen MR) is 97.0 cm³/mol. The Morgan fingerprint density at radius 1 is 1.17 bits per heavy atom. The number of aryl methyl sites for hydroxylation is 1. The number of sulfonamides is 1. The summed E-state index contributed by atoms with van der Waals surface area (Å²) < 4.78 is 26.5. The fourth-order valence-electron chi connectivity index (χ4n) is 2.47. The molecule has 0 amide bonds. The number of para-hydroxylation sites is 1. The van der Waals surface area contributed by atoms with E-state index < -0.39 is 10.0 Å². The molecule has 5 nitrogen and oxygen atoms in total. The predicted octanol–water partition coefficient (Wildman–Crippen LogP) is 3.63. The summed E-state index contributed by atoms with van der Waals surface area (Å²) in [4.78, 5) is 2.34. The highest BCUT2D eigenvalue weighted by atomic mass is 35.5. The number of hydrogen-bond donors (Lipinski definition) is 1. The molecule has 0 fully saturated rings. The monoisotopic (exact) mass is 361 g/mol. The van der Waals surface area contributed by atoms with Gasteiger partial charge in [-0.05, 0) is 37.3 Å². The van der Waals surface area contributed by atoms with Crippen molar-refractivity contribution in [2.45, 2.75) is 18.4 Å². The highest BCUT2D eigenvalue weighted by Crippen LogP contribution is 2.20. The topological polar surface area (TPSA) is 63.5 Å². The smallest absolute Gasteiger partial charge is 0.276 e. The van der Waals surface area contributed by atoms with Crippen LogP contribution in [0, 0.1) is 0 Å². The molecule has 0 unspecified atom stereocenters. The van der Waals surface area contributed by atoms with Crippen molar-refractivity contribution in [3.8, 4) is 0 Å². The molecule has 0 radical (unpaired) electrons. The molecule has 0 aliphatic carbocycles. The quantitative estimate of drug-likeness (QED) is 0.557. The first-order valence-corrected chi connectivity index (χ1v) is 9.25. The molecule has 3 rings (SSSR count). The molecule has 124 valence electrons. The number of benzene rings is 2. The number of hydrogen-bond acceptors (Lipinski definition) is 3. The van der Waals surface area contributed by atoms with Crippen LogP contribution >= 0.6 is 11.6 Å². The van der Waals surface area contributed by atoms with Crippen molar-refractivity contribution in [1.29, 1.82) is 0 Å². The molecule has 0 saturated carbocycles. The van der Waals surface area contributed by atoms with E-state index in [9.17, 15) is 8.42 Å². The number of rotatable bonds is 5. The summed E-state index contributed by atoms with van der Waals surface area (Å²) in [5, 5.41) is 5.40. The van der Waals surface area contributed by atoms with Gasteiger partial charge in [0, 0.05) is 34.2 Å². The Kier molecular flexibility index (Phi) is 4.59. The fraction of sp³-hybridized carbons (Fsp3) is 0.118. The number of hydrazone groups is 1. The summed E-state index contributed by atoms with van der Waals surface area (Å²) in [7, 11) is -3.71. The third-order valence-corrected chi connectivity index (χ3v) is 5.15. The van der Waals surface area contributed by atoms with Gasteiger partial charge in [0.25, 0.3) is 10.0 Å². The van der Waals surface area contributed by atoms with Gasteiger partial charge in [0.15, 0.2) is 0 Å². The molecule has 1 N–H and O–H groups in total. The molecule has 1 heterocycles. The van der Waals surface area contributed by atoms with E-state index in [1.54, 1.807) is 0 Å². The molecular formula is C17H16ClN3O2S. The average molecular weight is 362 g/mol. The van der Waals surface area contributed by atoms with Crippen LogP contribution in [-0.2, 0) is 16.6 Å². The standard InChI is InChI=1S/C17H16ClN3O2S/c1-2-21-12-13(16-5-3-4-6-17(16)21)11-19-20-24(22,23)15-9-7-14(18)8-10-15/h3-12,20H,2H2,1H3/b19-11+. The lowest BCUT2D eigenvalue weighted by atomic mass is 10.2. The zero-order valence-corrected chi connectivity index (χ0v) is 14.6. The molecule has 2 aromatic carbocycles. The van der Waals surface area contributed by atoms with Crippen LogP contribution in [0.25, 0.3) is 10.9 Å². The molecule has 0 spiro atoms. The van der Waals surface area contributed by atoms with Gasteiger partial charge in [-0.2, -0.15) is 13.5 Å². The summed E-state index contributed by atoms with van der Waals surface area (Å²) in [6.45, 7) is 2.88. The average Bonchev–Trinajstić information content (AvgIpc) is 2.93. The Labute approximate surface area is 145 Å². The van der Waals surface area contributed by atoms with Gasteiger partial charge in [-0.15, -0.1) is 0 Å². The molecular weight excluding hydrogens is 346 g/mol. The number of halogens is 1. The maximum Gasteiger partial charge on any atom is 0.276 e. The van der Waals surface area contributed by atoms with E-state index in [0.717, 1.165) is 23.0 Å². The molecule has 3 aromatic rings. The van der Waals surface area contributed by atoms with E-state index in [1.165, 1.54) is 30.5 Å². The van der Waals surface area contributed by atoms with Gasteiger partial charge in [-0.1, -0.05) is 29.8 Å². The van der Waals surface area contributed by atoms with Crippen molar-refractivity contribution < 1.29 is 8.42 Å². The molecule has 0 saturated heterocycles. The van der Waals surface area contributed by atoms with Crippen molar-refractivity contribution in [3.05, 3.63) is 65.3 Å². The van der Waals surface area contributed by atoms with Crippen LogP contribution in [0.3, 0.4) is 0 Å². The Morgan fingerprint density at radius 2 is 1.88 bits per heavy atom. The van der Waals surface area contributed by atoms with Crippen LogP contribution in [0.1, 0.15) is 12.5 Å². The lowest BCUT2D eigenvalue weighted by Gasteiger charge is -2.02. The molecule has 0 aliphatic heterocycles. The second kappa shape index (κ2) is 6.67. The zero-order valence-electron chi connectivity index (χ0n) is 13.0. The molecule has 0 atom stereocenters. The Bertz CT molecular complexity index is 992. The van der Waals surface area contributed by atoms with E-state index in [4.69, 9.17) is 11.6 Å². The van der Waals surface area contributed by atoms with E-state index in [-0.39, 0.29) is 4.90 Å². The Morgan fingerprint density at radius 3 is 2.58 bits per heavy atom. The lowest BCUT2D eigenvalue weighted by molar-refractivity contribution is 0.584. The number of fused-ring (bicyclic) bond motifs is 1. The second-order valence-corrected chi connectivity index (χ2v) is 7.29. The van der Waals surface area contributed by atoms with Crippen LogP contribution in [-0.4, -0.2) is 19.2 Å². The minimum Gasteiger partial charge on any atom is -0.347 e. The van der Waals surface area contributed by atoms with Gasteiger partial charge in [0.2, 0.25) is 0 Å². The number of nitrogens with one attached hydrogen (secondary N) is 1. The third-order valence-electron chi connectivity index (χ3n) is 3.66. The summed E-state index contributed by atoms with van der Waals surface area (Å²) in [5.41, 5.74) is 1.94. The van der Waals surface area contributed by atoms with Crippen LogP contribution < -0.4 is 4.83 Å². The Balaban J connectivity index is 1.85. The Hall–Kier alpha value is -2.31. The van der Waals surface area contributed by atoms with E-state index in [2.05, 4.69) is 21.4 Å². The van der Waals surface area contributed by atoms with E-state index in [1.807, 2.05) is 30.5 Å². The van der Waals surface area contributed by atoms with Gasteiger partial charge in [-0.3, -0.25) is 0 Å². The van der Waals surface area contributed by atoms with Crippen LogP contribution in [0.15, 0.2) is 64.7 Å². The van der Waals surface area contributed by atoms with Crippen molar-refractivity contribution in [1.82, 2.24) is 9.40 Å². The van der Waals surface area contributed by atoms with Crippen molar-refractivity contribution in [3.63, 3.8) is 0 Å². The minimum absolute atomic E-state index is 0.111. The SMILES string of the molecule is CCn1cc(/C=N/NS(=O)(=O)c2ccc(Cl)cc2)c2ccccc21. The highest BCUT2D eigenvalue weighted by molar-refractivity contribution is 7.89.